The summed E-state index contributed by atoms with van der Waals surface area (Å²) in [7, 11) is 0. The first-order valence-corrected chi connectivity index (χ1v) is 12.5. The van der Waals surface area contributed by atoms with E-state index in [0.29, 0.717) is 35.3 Å². The summed E-state index contributed by atoms with van der Waals surface area (Å²) < 4.78 is 0. The molecule has 1 aromatic carbocycles. The van der Waals surface area contributed by atoms with Crippen LogP contribution in [0.25, 0.3) is 0 Å². The smallest absolute Gasteiger partial charge is 0.327 e. The Kier molecular flexibility index (Phi) is 8.13. The molecule has 0 spiro atoms. The Labute approximate surface area is 202 Å². The number of amides is 3. The second-order valence-corrected chi connectivity index (χ2v) is 8.91. The number of fused-ring (bicyclic) bond motifs is 2. The molecular formula is C26H36N6O2. The summed E-state index contributed by atoms with van der Waals surface area (Å²) in [6, 6.07) is 10.9. The molecule has 2 aromatic rings. The highest BCUT2D eigenvalue weighted by Gasteiger charge is 2.30. The number of anilines is 3. The lowest BCUT2D eigenvalue weighted by molar-refractivity contribution is 0.102. The predicted molar refractivity (Wildman–Crippen MR) is 136 cm³/mol. The van der Waals surface area contributed by atoms with E-state index in [-0.39, 0.29) is 11.9 Å². The quantitative estimate of drug-likeness (QED) is 0.615. The second-order valence-electron chi connectivity index (χ2n) is 8.91. The zero-order chi connectivity index (χ0) is 23.9. The molecular weight excluding hydrogens is 428 g/mol. The van der Waals surface area contributed by atoms with Gasteiger partial charge in [-0.2, -0.15) is 0 Å². The van der Waals surface area contributed by atoms with Crippen molar-refractivity contribution in [2.75, 3.05) is 49.5 Å². The van der Waals surface area contributed by atoms with Crippen molar-refractivity contribution in [2.24, 2.45) is 0 Å². The number of benzene rings is 1. The first-order chi connectivity index (χ1) is 16.6. The normalized spacial score (nSPS) is 18.1. The summed E-state index contributed by atoms with van der Waals surface area (Å²) in [6.07, 6.45) is 6.51. The van der Waals surface area contributed by atoms with E-state index in [1.54, 1.807) is 36.5 Å². The van der Waals surface area contributed by atoms with Crippen LogP contribution in [0.4, 0.5) is 22.0 Å². The van der Waals surface area contributed by atoms with E-state index in [1.807, 2.05) is 6.07 Å². The predicted octanol–water partition coefficient (Wildman–Crippen LogP) is 4.08. The van der Waals surface area contributed by atoms with Gasteiger partial charge in [-0.3, -0.25) is 9.69 Å². The van der Waals surface area contributed by atoms with Gasteiger partial charge in [0.1, 0.15) is 0 Å². The molecule has 8 heteroatoms. The number of nitrogens with zero attached hydrogens (tertiary/aromatic N) is 4. The van der Waals surface area contributed by atoms with E-state index in [9.17, 15) is 9.59 Å². The Bertz CT molecular complexity index is 993. The zero-order valence-electron chi connectivity index (χ0n) is 20.3. The Morgan fingerprint density at radius 3 is 2.82 bits per heavy atom. The highest BCUT2D eigenvalue weighted by atomic mass is 16.2. The molecule has 1 fully saturated rings. The number of carbonyl (C=O) groups excluding carboxylic acids is 2. The maximum atomic E-state index is 13.4. The third-order valence-electron chi connectivity index (χ3n) is 6.94. The minimum absolute atomic E-state index is 0.246. The number of likely N-dealkylation sites (tertiary alicyclic amines) is 1. The molecule has 1 aromatic heterocycles. The van der Waals surface area contributed by atoms with Crippen molar-refractivity contribution in [3.05, 3.63) is 48.2 Å². The van der Waals surface area contributed by atoms with Crippen LogP contribution in [-0.4, -0.2) is 72.0 Å². The van der Waals surface area contributed by atoms with Crippen molar-refractivity contribution >= 4 is 29.1 Å². The van der Waals surface area contributed by atoms with Gasteiger partial charge in [0.05, 0.1) is 16.9 Å². The van der Waals surface area contributed by atoms with Gasteiger partial charge >= 0.3 is 6.03 Å². The summed E-state index contributed by atoms with van der Waals surface area (Å²) in [5.74, 6) is 0.179. The SMILES string of the molecule is CCN(CC)CCC1CCCCN1CCNC(=O)N1c2ccccc2C(=O)Nc2cccnc21. The van der Waals surface area contributed by atoms with Crippen molar-refractivity contribution in [2.45, 2.75) is 45.6 Å². The first kappa shape index (κ1) is 24.2. The van der Waals surface area contributed by atoms with Gasteiger partial charge in [-0.1, -0.05) is 32.4 Å². The Morgan fingerprint density at radius 1 is 1.18 bits per heavy atom. The molecule has 8 nitrogen and oxygen atoms in total. The van der Waals surface area contributed by atoms with Gasteiger partial charge in [-0.25, -0.2) is 14.7 Å². The van der Waals surface area contributed by atoms with E-state index in [1.165, 1.54) is 30.6 Å². The minimum Gasteiger partial charge on any atom is -0.336 e. The lowest BCUT2D eigenvalue weighted by Crippen LogP contribution is -2.46. The van der Waals surface area contributed by atoms with Crippen LogP contribution in [0.3, 0.4) is 0 Å². The number of carbonyl (C=O) groups is 2. The average molecular weight is 465 g/mol. The fourth-order valence-electron chi connectivity index (χ4n) is 4.98. The van der Waals surface area contributed by atoms with Crippen LogP contribution in [0.15, 0.2) is 42.6 Å². The van der Waals surface area contributed by atoms with Crippen LogP contribution < -0.4 is 15.5 Å². The van der Waals surface area contributed by atoms with E-state index in [0.717, 1.165) is 32.7 Å². The lowest BCUT2D eigenvalue weighted by atomic mass is 9.99. The second kappa shape index (κ2) is 11.4. The van der Waals surface area contributed by atoms with Crippen molar-refractivity contribution in [3.63, 3.8) is 0 Å². The molecule has 0 bridgehead atoms. The fourth-order valence-corrected chi connectivity index (χ4v) is 4.98. The Balaban J connectivity index is 1.44. The summed E-state index contributed by atoms with van der Waals surface area (Å²) in [4.78, 5) is 37.1. The zero-order valence-corrected chi connectivity index (χ0v) is 20.3. The topological polar surface area (TPSA) is 80.8 Å². The molecule has 1 atom stereocenters. The van der Waals surface area contributed by atoms with Gasteiger partial charge in [0, 0.05) is 25.3 Å². The molecule has 1 unspecified atom stereocenters. The van der Waals surface area contributed by atoms with E-state index in [2.05, 4.69) is 39.3 Å². The Hall–Kier alpha value is -2.97. The average Bonchev–Trinajstić information content (AvgIpc) is 2.99. The molecule has 182 valence electrons. The van der Waals surface area contributed by atoms with Crippen molar-refractivity contribution < 1.29 is 9.59 Å². The molecule has 34 heavy (non-hydrogen) atoms. The van der Waals surface area contributed by atoms with Crippen LogP contribution in [-0.2, 0) is 0 Å². The maximum absolute atomic E-state index is 13.4. The van der Waals surface area contributed by atoms with Gasteiger partial charge in [-0.05, 0) is 69.7 Å². The Morgan fingerprint density at radius 2 is 2.00 bits per heavy atom. The van der Waals surface area contributed by atoms with E-state index < -0.39 is 0 Å². The van der Waals surface area contributed by atoms with Gasteiger partial charge in [0.15, 0.2) is 5.82 Å². The first-order valence-electron chi connectivity index (χ1n) is 12.5. The van der Waals surface area contributed by atoms with Crippen LogP contribution in [0, 0.1) is 0 Å². The maximum Gasteiger partial charge on any atom is 0.327 e. The van der Waals surface area contributed by atoms with Crippen LogP contribution in [0.1, 0.15) is 49.9 Å². The summed E-state index contributed by atoms with van der Waals surface area (Å²) in [5, 5.41) is 5.96. The van der Waals surface area contributed by atoms with Crippen LogP contribution in [0.2, 0.25) is 0 Å². The number of rotatable bonds is 8. The van der Waals surface area contributed by atoms with E-state index >= 15 is 0 Å². The number of aromatic nitrogens is 1. The molecule has 2 aliphatic heterocycles. The van der Waals surface area contributed by atoms with Gasteiger partial charge in [0.25, 0.3) is 5.91 Å². The standard InChI is InChI=1S/C26H36N6O2/c1-3-30(4-2)18-14-20-10-7-8-17-31(20)19-16-28-26(34)32-23-13-6-5-11-21(23)25(33)29-22-12-9-15-27-24(22)32/h5-6,9,11-13,15,20H,3-4,7-8,10,14,16-19H2,1-2H3,(H,28,34)(H,29,33). The molecule has 1 saturated heterocycles. The molecule has 0 radical (unpaired) electrons. The molecule has 3 amide bonds. The van der Waals surface area contributed by atoms with Gasteiger partial charge < -0.3 is 15.5 Å². The highest BCUT2D eigenvalue weighted by molar-refractivity contribution is 6.16. The molecule has 2 N–H and O–H groups in total. The van der Waals surface area contributed by atoms with Gasteiger partial charge in [-0.15, -0.1) is 0 Å². The van der Waals surface area contributed by atoms with Crippen molar-refractivity contribution in [1.29, 1.82) is 0 Å². The number of hydrogen-bond donors (Lipinski definition) is 2. The number of hydrogen-bond acceptors (Lipinski definition) is 5. The monoisotopic (exact) mass is 464 g/mol. The lowest BCUT2D eigenvalue weighted by Gasteiger charge is -2.37. The summed E-state index contributed by atoms with van der Waals surface area (Å²) in [6.45, 7) is 10.2. The van der Waals surface area contributed by atoms with Crippen molar-refractivity contribution in [3.8, 4) is 0 Å². The minimum atomic E-state index is -0.277. The third-order valence-corrected chi connectivity index (χ3v) is 6.94. The molecule has 2 aliphatic rings. The summed E-state index contributed by atoms with van der Waals surface area (Å²) in [5.41, 5.74) is 1.50. The fraction of sp³-hybridized carbons (Fsp3) is 0.500. The largest absolute Gasteiger partial charge is 0.336 e. The van der Waals surface area contributed by atoms with Crippen LogP contribution >= 0.6 is 0 Å². The number of para-hydroxylation sites is 1. The number of pyridine rings is 1. The summed E-state index contributed by atoms with van der Waals surface area (Å²) >= 11 is 0. The number of piperidine rings is 1. The third kappa shape index (κ3) is 5.39. The number of nitrogens with one attached hydrogen (secondary N) is 2. The molecule has 4 rings (SSSR count). The number of urea groups is 1. The molecule has 3 heterocycles. The molecule has 0 aliphatic carbocycles. The molecule has 0 saturated carbocycles. The highest BCUT2D eigenvalue weighted by Crippen LogP contribution is 2.36. The van der Waals surface area contributed by atoms with E-state index in [4.69, 9.17) is 0 Å². The van der Waals surface area contributed by atoms with Gasteiger partial charge in [0.2, 0.25) is 0 Å². The van der Waals surface area contributed by atoms with Crippen LogP contribution in [0.5, 0.6) is 0 Å². The van der Waals surface area contributed by atoms with Crippen molar-refractivity contribution in [1.82, 2.24) is 20.1 Å².